The van der Waals surface area contributed by atoms with Crippen LogP contribution in [0.5, 0.6) is 5.75 Å². The topological polar surface area (TPSA) is 102 Å². The van der Waals surface area contributed by atoms with Gasteiger partial charge in [0.15, 0.2) is 9.84 Å². The summed E-state index contributed by atoms with van der Waals surface area (Å²) in [5.74, 6) is -0.245. The van der Waals surface area contributed by atoms with Crippen molar-refractivity contribution in [1.29, 1.82) is 0 Å². The summed E-state index contributed by atoms with van der Waals surface area (Å²) < 4.78 is 29.1. The molecule has 2 aromatic carbocycles. The molecule has 0 aliphatic carbocycles. The van der Waals surface area contributed by atoms with Crippen molar-refractivity contribution < 1.29 is 22.7 Å². The molecule has 2 N–H and O–H groups in total. The Hall–Kier alpha value is -2.87. The van der Waals surface area contributed by atoms with Gasteiger partial charge in [-0.25, -0.2) is 8.42 Å². The van der Waals surface area contributed by atoms with E-state index >= 15 is 0 Å². The molecule has 0 fully saturated rings. The first-order valence-electron chi connectivity index (χ1n) is 8.84. The summed E-state index contributed by atoms with van der Waals surface area (Å²) in [6.07, 6.45) is 0.456. The maximum atomic E-state index is 12.3. The summed E-state index contributed by atoms with van der Waals surface area (Å²) in [4.78, 5) is 24.5. The first-order valence-corrected chi connectivity index (χ1v) is 10.6. The van der Waals surface area contributed by atoms with E-state index in [4.69, 9.17) is 4.74 Å². The molecule has 8 heteroatoms. The van der Waals surface area contributed by atoms with Gasteiger partial charge < -0.3 is 15.4 Å². The van der Waals surface area contributed by atoms with E-state index in [0.717, 1.165) is 0 Å². The molecule has 0 heterocycles. The molecule has 0 spiro atoms. The van der Waals surface area contributed by atoms with Gasteiger partial charge in [0.1, 0.15) is 11.0 Å². The molecule has 0 saturated heterocycles. The van der Waals surface area contributed by atoms with Gasteiger partial charge in [-0.2, -0.15) is 0 Å². The average molecular weight is 404 g/mol. The molecule has 2 aromatic rings. The summed E-state index contributed by atoms with van der Waals surface area (Å²) in [5.41, 5.74) is 1.45. The second-order valence-electron chi connectivity index (χ2n) is 6.26. The molecule has 1 unspecified atom stereocenters. The van der Waals surface area contributed by atoms with Gasteiger partial charge in [-0.1, -0.05) is 6.92 Å². The molecule has 0 saturated carbocycles. The number of benzene rings is 2. The number of ether oxygens (including phenoxy) is 1. The largest absolute Gasteiger partial charge is 0.497 e. The quantitative estimate of drug-likeness (QED) is 0.704. The minimum atomic E-state index is -3.48. The van der Waals surface area contributed by atoms with Gasteiger partial charge in [0.2, 0.25) is 5.91 Å². The number of hydrogen-bond donors (Lipinski definition) is 2. The maximum absolute atomic E-state index is 12.3. The number of rotatable bonds is 8. The molecule has 7 nitrogen and oxygen atoms in total. The van der Waals surface area contributed by atoms with Crippen LogP contribution in [0.1, 0.15) is 30.6 Å². The van der Waals surface area contributed by atoms with Gasteiger partial charge in [-0.3, -0.25) is 9.59 Å². The van der Waals surface area contributed by atoms with Crippen molar-refractivity contribution >= 4 is 33.0 Å². The number of nitrogens with one attached hydrogen (secondary N) is 2. The van der Waals surface area contributed by atoms with Crippen LogP contribution in [-0.4, -0.2) is 38.3 Å². The van der Waals surface area contributed by atoms with E-state index in [1.54, 1.807) is 62.6 Å². The molecule has 2 amide bonds. The standard InChI is InChI=1S/C20H24N2O5S/c1-4-13-28(25,26)14(2)19(23)21-16-7-5-15(6-8-16)20(24)22-17-9-11-18(27-3)12-10-17/h5-12,14H,4,13H2,1-3H3,(H,21,23)(H,22,24). The number of anilines is 2. The number of methoxy groups -OCH3 is 1. The first-order chi connectivity index (χ1) is 13.3. The van der Waals surface area contributed by atoms with Crippen LogP contribution >= 0.6 is 0 Å². The van der Waals surface area contributed by atoms with Crippen LogP contribution < -0.4 is 15.4 Å². The lowest BCUT2D eigenvalue weighted by atomic mass is 10.2. The van der Waals surface area contributed by atoms with E-state index < -0.39 is 21.0 Å². The zero-order valence-corrected chi connectivity index (χ0v) is 16.9. The fourth-order valence-corrected chi connectivity index (χ4v) is 3.76. The molecule has 150 valence electrons. The Morgan fingerprint density at radius 3 is 2.04 bits per heavy atom. The monoisotopic (exact) mass is 404 g/mol. The molecule has 2 rings (SSSR count). The molecule has 0 aromatic heterocycles. The number of carbonyl (C=O) groups excluding carboxylic acids is 2. The molecular formula is C20H24N2O5S. The van der Waals surface area contributed by atoms with Crippen molar-refractivity contribution in [2.75, 3.05) is 23.5 Å². The zero-order chi connectivity index (χ0) is 20.7. The van der Waals surface area contributed by atoms with Crippen molar-refractivity contribution in [3.05, 3.63) is 54.1 Å². The van der Waals surface area contributed by atoms with E-state index in [1.807, 2.05) is 0 Å². The van der Waals surface area contributed by atoms with Gasteiger partial charge in [0.25, 0.3) is 5.91 Å². The minimum absolute atomic E-state index is 0.0357. The lowest BCUT2D eigenvalue weighted by Gasteiger charge is -2.13. The van der Waals surface area contributed by atoms with Crippen LogP contribution in [0.25, 0.3) is 0 Å². The maximum Gasteiger partial charge on any atom is 0.255 e. The Labute approximate surface area is 165 Å². The van der Waals surface area contributed by atoms with Gasteiger partial charge in [0.05, 0.1) is 12.9 Å². The molecule has 0 radical (unpaired) electrons. The van der Waals surface area contributed by atoms with Crippen LogP contribution in [0.2, 0.25) is 0 Å². The van der Waals surface area contributed by atoms with E-state index in [2.05, 4.69) is 10.6 Å². The Morgan fingerprint density at radius 2 is 1.50 bits per heavy atom. The number of amides is 2. The SMILES string of the molecule is CCCS(=O)(=O)C(C)C(=O)Nc1ccc(C(=O)Nc2ccc(OC)cc2)cc1. The van der Waals surface area contributed by atoms with E-state index in [-0.39, 0.29) is 11.7 Å². The molecule has 0 aliphatic rings. The van der Waals surface area contributed by atoms with Gasteiger partial charge in [0, 0.05) is 16.9 Å². The molecule has 0 aliphatic heterocycles. The van der Waals surface area contributed by atoms with Crippen molar-refractivity contribution in [2.24, 2.45) is 0 Å². The summed E-state index contributed by atoms with van der Waals surface area (Å²) in [7, 11) is -1.91. The summed E-state index contributed by atoms with van der Waals surface area (Å²) >= 11 is 0. The van der Waals surface area contributed by atoms with Gasteiger partial charge in [-0.05, 0) is 61.9 Å². The van der Waals surface area contributed by atoms with Crippen LogP contribution in [-0.2, 0) is 14.6 Å². The van der Waals surface area contributed by atoms with Crippen molar-refractivity contribution in [2.45, 2.75) is 25.5 Å². The Morgan fingerprint density at radius 1 is 0.964 bits per heavy atom. The minimum Gasteiger partial charge on any atom is -0.497 e. The highest BCUT2D eigenvalue weighted by atomic mass is 32.2. The lowest BCUT2D eigenvalue weighted by molar-refractivity contribution is -0.115. The average Bonchev–Trinajstić information content (AvgIpc) is 2.68. The Kier molecular flexibility index (Phi) is 7.17. The molecule has 0 bridgehead atoms. The highest BCUT2D eigenvalue weighted by molar-refractivity contribution is 7.92. The fourth-order valence-electron chi connectivity index (χ4n) is 2.45. The van der Waals surface area contributed by atoms with Crippen LogP contribution in [0, 0.1) is 0 Å². The van der Waals surface area contributed by atoms with Gasteiger partial charge >= 0.3 is 0 Å². The molecule has 1 atom stereocenters. The first kappa shape index (κ1) is 21.4. The second kappa shape index (κ2) is 9.36. The van der Waals surface area contributed by atoms with Crippen molar-refractivity contribution in [1.82, 2.24) is 0 Å². The summed E-state index contributed by atoms with van der Waals surface area (Å²) in [6, 6.07) is 13.1. The predicted octanol–water partition coefficient (Wildman–Crippen LogP) is 3.10. The number of sulfone groups is 1. The second-order valence-corrected chi connectivity index (χ2v) is 8.70. The van der Waals surface area contributed by atoms with Crippen LogP contribution in [0.4, 0.5) is 11.4 Å². The van der Waals surface area contributed by atoms with E-state index in [9.17, 15) is 18.0 Å². The highest BCUT2D eigenvalue weighted by Crippen LogP contribution is 2.17. The zero-order valence-electron chi connectivity index (χ0n) is 16.1. The Bertz CT molecular complexity index is 922. The third kappa shape index (κ3) is 5.56. The molecule has 28 heavy (non-hydrogen) atoms. The highest BCUT2D eigenvalue weighted by Gasteiger charge is 2.27. The smallest absolute Gasteiger partial charge is 0.255 e. The summed E-state index contributed by atoms with van der Waals surface area (Å²) in [5, 5.41) is 4.20. The lowest BCUT2D eigenvalue weighted by Crippen LogP contribution is -2.34. The third-order valence-electron chi connectivity index (χ3n) is 4.16. The van der Waals surface area contributed by atoms with Crippen LogP contribution in [0.15, 0.2) is 48.5 Å². The van der Waals surface area contributed by atoms with Crippen LogP contribution in [0.3, 0.4) is 0 Å². The van der Waals surface area contributed by atoms with Gasteiger partial charge in [-0.15, -0.1) is 0 Å². The van der Waals surface area contributed by atoms with Crippen molar-refractivity contribution in [3.8, 4) is 5.75 Å². The normalized spacial score (nSPS) is 12.1. The summed E-state index contributed by atoms with van der Waals surface area (Å²) in [6.45, 7) is 3.12. The van der Waals surface area contributed by atoms with E-state index in [0.29, 0.717) is 29.1 Å². The predicted molar refractivity (Wildman–Crippen MR) is 110 cm³/mol. The third-order valence-corrected chi connectivity index (χ3v) is 6.43. The fraction of sp³-hybridized carbons (Fsp3) is 0.300. The van der Waals surface area contributed by atoms with E-state index in [1.165, 1.54) is 6.92 Å². The number of hydrogen-bond acceptors (Lipinski definition) is 5. The van der Waals surface area contributed by atoms with Crippen molar-refractivity contribution in [3.63, 3.8) is 0 Å². The number of carbonyl (C=O) groups is 2. The Balaban J connectivity index is 2.00. The molecular weight excluding hydrogens is 380 g/mol.